The summed E-state index contributed by atoms with van der Waals surface area (Å²) in [6.07, 6.45) is 2.11. The van der Waals surface area contributed by atoms with Gasteiger partial charge in [0.25, 0.3) is 5.56 Å². The van der Waals surface area contributed by atoms with E-state index in [0.29, 0.717) is 41.0 Å². The highest BCUT2D eigenvalue weighted by Crippen LogP contribution is 2.27. The van der Waals surface area contributed by atoms with Crippen LogP contribution in [0.2, 0.25) is 0 Å². The number of thiophene rings is 1. The van der Waals surface area contributed by atoms with Crippen molar-refractivity contribution in [2.24, 2.45) is 0 Å². The highest BCUT2D eigenvalue weighted by molar-refractivity contribution is 7.20. The normalized spacial score (nSPS) is 11.0. The predicted octanol–water partition coefficient (Wildman–Crippen LogP) is 2.37. The molecule has 0 saturated carbocycles. The SMILES string of the molecule is CCCc1nc2sc(C(=O)O)c(C)c2c(=O)n1CCCC(=O)OC. The number of aryl methyl sites for hydroxylation is 2. The molecule has 2 heterocycles. The van der Waals surface area contributed by atoms with Crippen LogP contribution in [-0.2, 0) is 22.5 Å². The van der Waals surface area contributed by atoms with E-state index in [0.717, 1.165) is 17.8 Å². The number of nitrogens with zero attached hydrogens (tertiary/aromatic N) is 2. The summed E-state index contributed by atoms with van der Waals surface area (Å²) < 4.78 is 6.17. The van der Waals surface area contributed by atoms with Gasteiger partial charge in [-0.15, -0.1) is 11.3 Å². The van der Waals surface area contributed by atoms with E-state index in [2.05, 4.69) is 9.72 Å². The minimum absolute atomic E-state index is 0.143. The molecule has 8 heteroatoms. The lowest BCUT2D eigenvalue weighted by Crippen LogP contribution is -2.26. The molecule has 0 aliphatic carbocycles. The van der Waals surface area contributed by atoms with Crippen molar-refractivity contribution in [1.29, 1.82) is 0 Å². The Bertz CT molecular complexity index is 837. The summed E-state index contributed by atoms with van der Waals surface area (Å²) in [4.78, 5) is 40.5. The second-order valence-corrected chi connectivity index (χ2v) is 6.46. The van der Waals surface area contributed by atoms with Crippen molar-refractivity contribution in [3.8, 4) is 0 Å². The van der Waals surface area contributed by atoms with Crippen molar-refractivity contribution in [3.05, 3.63) is 26.6 Å². The molecule has 24 heavy (non-hydrogen) atoms. The van der Waals surface area contributed by atoms with Crippen LogP contribution >= 0.6 is 11.3 Å². The summed E-state index contributed by atoms with van der Waals surface area (Å²) in [5, 5.41) is 9.61. The maximum absolute atomic E-state index is 12.8. The lowest BCUT2D eigenvalue weighted by Gasteiger charge is -2.11. The number of carboxylic acids is 1. The largest absolute Gasteiger partial charge is 0.477 e. The Balaban J connectivity index is 2.51. The molecule has 7 nitrogen and oxygen atoms in total. The van der Waals surface area contributed by atoms with Gasteiger partial charge in [0, 0.05) is 19.4 Å². The maximum Gasteiger partial charge on any atom is 0.346 e. The summed E-state index contributed by atoms with van der Waals surface area (Å²) in [6, 6.07) is 0. The Morgan fingerprint density at radius 1 is 1.38 bits per heavy atom. The summed E-state index contributed by atoms with van der Waals surface area (Å²) >= 11 is 1.03. The van der Waals surface area contributed by atoms with E-state index in [1.165, 1.54) is 7.11 Å². The summed E-state index contributed by atoms with van der Waals surface area (Å²) in [5.41, 5.74) is 0.208. The molecule has 0 aliphatic rings. The molecular formula is C16H20N2O5S. The van der Waals surface area contributed by atoms with Crippen molar-refractivity contribution in [3.63, 3.8) is 0 Å². The zero-order valence-electron chi connectivity index (χ0n) is 13.9. The molecule has 0 bridgehead atoms. The minimum Gasteiger partial charge on any atom is -0.477 e. The number of hydrogen-bond donors (Lipinski definition) is 1. The number of methoxy groups -OCH3 is 1. The van der Waals surface area contributed by atoms with Gasteiger partial charge in [-0.1, -0.05) is 6.92 Å². The monoisotopic (exact) mass is 352 g/mol. The van der Waals surface area contributed by atoms with E-state index in [1.807, 2.05) is 6.92 Å². The predicted molar refractivity (Wildman–Crippen MR) is 90.8 cm³/mol. The standard InChI is InChI=1S/C16H20N2O5S/c1-4-6-10-17-14-12(9(2)13(24-14)16(21)22)15(20)18(10)8-5-7-11(19)23-3/h4-8H2,1-3H3,(H,21,22). The van der Waals surface area contributed by atoms with E-state index in [9.17, 15) is 19.5 Å². The van der Waals surface area contributed by atoms with Crippen molar-refractivity contribution in [2.75, 3.05) is 7.11 Å². The molecule has 2 aromatic heterocycles. The first-order valence-corrected chi connectivity index (χ1v) is 8.55. The Labute approximate surface area is 142 Å². The average Bonchev–Trinajstić information content (AvgIpc) is 2.87. The number of carbonyl (C=O) groups excluding carboxylic acids is 1. The van der Waals surface area contributed by atoms with Crippen molar-refractivity contribution >= 4 is 33.5 Å². The van der Waals surface area contributed by atoms with Crippen LogP contribution in [0.1, 0.15) is 47.2 Å². The lowest BCUT2D eigenvalue weighted by atomic mass is 10.2. The fraction of sp³-hybridized carbons (Fsp3) is 0.500. The second-order valence-electron chi connectivity index (χ2n) is 5.46. The Hall–Kier alpha value is -2.22. The molecule has 130 valence electrons. The van der Waals surface area contributed by atoms with E-state index in [-0.39, 0.29) is 22.8 Å². The van der Waals surface area contributed by atoms with Crippen molar-refractivity contribution in [1.82, 2.24) is 9.55 Å². The number of aromatic carboxylic acids is 1. The smallest absolute Gasteiger partial charge is 0.346 e. The van der Waals surface area contributed by atoms with Gasteiger partial charge in [0.2, 0.25) is 0 Å². The molecular weight excluding hydrogens is 332 g/mol. The molecule has 0 aliphatic heterocycles. The number of rotatable bonds is 7. The molecule has 1 N–H and O–H groups in total. The second kappa shape index (κ2) is 7.57. The van der Waals surface area contributed by atoms with E-state index in [4.69, 9.17) is 0 Å². The number of carboxylic acid groups (broad SMARTS) is 1. The third-order valence-corrected chi connectivity index (χ3v) is 4.96. The van der Waals surface area contributed by atoms with Gasteiger partial charge in [-0.3, -0.25) is 14.2 Å². The molecule has 0 atom stereocenters. The number of hydrogen-bond acceptors (Lipinski definition) is 6. The van der Waals surface area contributed by atoms with Crippen molar-refractivity contribution < 1.29 is 19.4 Å². The average molecular weight is 352 g/mol. The Kier molecular flexibility index (Phi) is 5.71. The Morgan fingerprint density at radius 3 is 2.67 bits per heavy atom. The van der Waals surface area contributed by atoms with Gasteiger partial charge >= 0.3 is 11.9 Å². The minimum atomic E-state index is -1.05. The first kappa shape index (κ1) is 18.1. The van der Waals surface area contributed by atoms with Crippen LogP contribution in [0.25, 0.3) is 10.2 Å². The first-order chi connectivity index (χ1) is 11.4. The number of carbonyl (C=O) groups is 2. The molecule has 0 unspecified atom stereocenters. The van der Waals surface area contributed by atoms with E-state index in [1.54, 1.807) is 11.5 Å². The zero-order valence-corrected chi connectivity index (χ0v) is 14.7. The molecule has 2 rings (SSSR count). The van der Waals surface area contributed by atoms with Crippen LogP contribution in [0.4, 0.5) is 0 Å². The molecule has 0 fully saturated rings. The van der Waals surface area contributed by atoms with Crippen LogP contribution in [0.3, 0.4) is 0 Å². The lowest BCUT2D eigenvalue weighted by molar-refractivity contribution is -0.140. The molecule has 0 radical (unpaired) electrons. The van der Waals surface area contributed by atoms with Gasteiger partial charge in [0.1, 0.15) is 15.5 Å². The van der Waals surface area contributed by atoms with Crippen molar-refractivity contribution in [2.45, 2.75) is 46.1 Å². The van der Waals surface area contributed by atoms with Gasteiger partial charge in [-0.25, -0.2) is 9.78 Å². The highest BCUT2D eigenvalue weighted by Gasteiger charge is 2.20. The molecule has 0 amide bonds. The van der Waals surface area contributed by atoms with Crippen LogP contribution < -0.4 is 5.56 Å². The summed E-state index contributed by atoms with van der Waals surface area (Å²) in [5.74, 6) is -0.753. The van der Waals surface area contributed by atoms with Gasteiger partial charge < -0.3 is 9.84 Å². The molecule has 0 aromatic carbocycles. The van der Waals surface area contributed by atoms with E-state index >= 15 is 0 Å². The van der Waals surface area contributed by atoms with Crippen LogP contribution in [0, 0.1) is 6.92 Å². The third-order valence-electron chi connectivity index (χ3n) is 3.79. The first-order valence-electron chi connectivity index (χ1n) is 7.73. The summed E-state index contributed by atoms with van der Waals surface area (Å²) in [7, 11) is 1.33. The molecule has 0 spiro atoms. The topological polar surface area (TPSA) is 98.5 Å². The molecule has 2 aromatic rings. The van der Waals surface area contributed by atoms with Crippen LogP contribution in [-0.4, -0.2) is 33.7 Å². The van der Waals surface area contributed by atoms with Crippen LogP contribution in [0.5, 0.6) is 0 Å². The number of ether oxygens (including phenoxy) is 1. The maximum atomic E-state index is 12.8. The van der Waals surface area contributed by atoms with Gasteiger partial charge in [0.15, 0.2) is 0 Å². The number of aromatic nitrogens is 2. The van der Waals surface area contributed by atoms with E-state index < -0.39 is 5.97 Å². The fourth-order valence-corrected chi connectivity index (χ4v) is 3.62. The van der Waals surface area contributed by atoms with Gasteiger partial charge in [-0.2, -0.15) is 0 Å². The Morgan fingerprint density at radius 2 is 2.08 bits per heavy atom. The number of esters is 1. The fourth-order valence-electron chi connectivity index (χ4n) is 2.59. The number of fused-ring (bicyclic) bond motifs is 1. The van der Waals surface area contributed by atoms with Gasteiger partial charge in [-0.05, 0) is 25.3 Å². The zero-order chi connectivity index (χ0) is 17.9. The quantitative estimate of drug-likeness (QED) is 0.768. The van der Waals surface area contributed by atoms with Gasteiger partial charge in [0.05, 0.1) is 12.5 Å². The summed E-state index contributed by atoms with van der Waals surface area (Å²) in [6.45, 7) is 3.96. The van der Waals surface area contributed by atoms with Crippen LogP contribution in [0.15, 0.2) is 4.79 Å². The third kappa shape index (κ3) is 3.48. The highest BCUT2D eigenvalue weighted by atomic mass is 32.1. The molecule has 0 saturated heterocycles.